The summed E-state index contributed by atoms with van der Waals surface area (Å²) in [5, 5.41) is 0. The van der Waals surface area contributed by atoms with E-state index in [2.05, 4.69) is 21.6 Å². The van der Waals surface area contributed by atoms with E-state index in [4.69, 9.17) is 0 Å². The Kier molecular flexibility index (Phi) is 2.30. The van der Waals surface area contributed by atoms with Crippen molar-refractivity contribution in [2.24, 2.45) is 0 Å². The van der Waals surface area contributed by atoms with Crippen molar-refractivity contribution in [3.8, 4) is 6.01 Å². The highest BCUT2D eigenvalue weighted by molar-refractivity contribution is 5.09. The highest BCUT2D eigenvalue weighted by atomic mass is 19.3. The largest absolute Gasteiger partial charge is 0.401 e. The lowest BCUT2D eigenvalue weighted by Crippen LogP contribution is -2.04. The molecule has 0 aliphatic heterocycles. The minimum atomic E-state index is -2.88. The van der Waals surface area contributed by atoms with Crippen LogP contribution in [-0.2, 0) is 0 Å². The minimum absolute atomic E-state index is 0.340. The lowest BCUT2D eigenvalue weighted by atomic mass is 10.4. The summed E-state index contributed by atoms with van der Waals surface area (Å²) in [7, 11) is 0. The van der Waals surface area contributed by atoms with Crippen molar-refractivity contribution in [3.05, 3.63) is 24.9 Å². The Balaban J connectivity index is 2.66. The van der Waals surface area contributed by atoms with Gasteiger partial charge in [0.05, 0.1) is 0 Å². The van der Waals surface area contributed by atoms with Crippen LogP contribution < -0.4 is 4.74 Å². The molecule has 0 aromatic carbocycles. The molecule has 0 fully saturated rings. The summed E-state index contributed by atoms with van der Waals surface area (Å²) < 4.78 is 26.9. The number of ether oxygens (including phenoxy) is 1. The van der Waals surface area contributed by atoms with Gasteiger partial charge in [-0.25, -0.2) is 9.97 Å². The predicted octanol–water partition coefficient (Wildman–Crippen LogP) is 1.26. The van der Waals surface area contributed by atoms with Gasteiger partial charge in [0, 0.05) is 12.4 Å². The van der Waals surface area contributed by atoms with Gasteiger partial charge >= 0.3 is 12.6 Å². The molecule has 11 heavy (non-hydrogen) atoms. The molecular weight excluding hydrogens is 154 g/mol. The van der Waals surface area contributed by atoms with Crippen molar-refractivity contribution in [1.82, 2.24) is 9.97 Å². The molecule has 5 heteroatoms. The molecule has 1 heterocycles. The van der Waals surface area contributed by atoms with E-state index in [9.17, 15) is 8.78 Å². The molecule has 0 amide bonds. The highest BCUT2D eigenvalue weighted by Crippen LogP contribution is 2.05. The summed E-state index contributed by atoms with van der Waals surface area (Å²) >= 11 is 0. The standard InChI is InChI=1S/C6H5F2N2O/c1-4-2-9-6(10-3-4)11-5(7)8/h2-3,5H,1H2. The van der Waals surface area contributed by atoms with E-state index in [1.165, 1.54) is 12.4 Å². The Labute approximate surface area is 62.0 Å². The molecule has 0 saturated carbocycles. The molecule has 0 N–H and O–H groups in total. The van der Waals surface area contributed by atoms with Gasteiger partial charge in [-0.05, 0) is 12.5 Å². The smallest absolute Gasteiger partial charge is 0.389 e. The van der Waals surface area contributed by atoms with Gasteiger partial charge in [0.25, 0.3) is 0 Å². The topological polar surface area (TPSA) is 35.0 Å². The zero-order valence-corrected chi connectivity index (χ0v) is 5.50. The van der Waals surface area contributed by atoms with Crippen LogP contribution in [0.1, 0.15) is 5.56 Å². The maximum absolute atomic E-state index is 11.5. The fraction of sp³-hybridized carbons (Fsp3) is 0.167. The van der Waals surface area contributed by atoms with E-state index < -0.39 is 6.61 Å². The zero-order chi connectivity index (χ0) is 8.27. The molecule has 1 aromatic rings. The molecule has 1 aromatic heterocycles. The molecule has 0 bridgehead atoms. The van der Waals surface area contributed by atoms with Gasteiger partial charge in [-0.3, -0.25) is 0 Å². The average Bonchev–Trinajstić information content (AvgIpc) is 1.93. The van der Waals surface area contributed by atoms with Gasteiger partial charge in [0.15, 0.2) is 0 Å². The second-order valence-corrected chi connectivity index (χ2v) is 1.75. The molecule has 0 atom stereocenters. The van der Waals surface area contributed by atoms with Gasteiger partial charge < -0.3 is 4.74 Å². The quantitative estimate of drug-likeness (QED) is 0.651. The molecule has 0 aliphatic carbocycles. The third-order valence-corrected chi connectivity index (χ3v) is 0.876. The predicted molar refractivity (Wildman–Crippen MR) is 33.1 cm³/mol. The second-order valence-electron chi connectivity index (χ2n) is 1.75. The van der Waals surface area contributed by atoms with Crippen molar-refractivity contribution in [1.29, 1.82) is 0 Å². The molecule has 1 radical (unpaired) electrons. The molecular formula is C6H5F2N2O. The first kappa shape index (κ1) is 7.84. The Morgan fingerprint density at radius 1 is 1.36 bits per heavy atom. The first-order valence-corrected chi connectivity index (χ1v) is 2.77. The summed E-state index contributed by atoms with van der Waals surface area (Å²) in [6.45, 7) is 0.589. The summed E-state index contributed by atoms with van der Waals surface area (Å²) in [4.78, 5) is 6.89. The molecule has 0 saturated heterocycles. The summed E-state index contributed by atoms with van der Waals surface area (Å²) in [5.41, 5.74) is 0.548. The Morgan fingerprint density at radius 3 is 2.36 bits per heavy atom. The fourth-order valence-corrected chi connectivity index (χ4v) is 0.483. The zero-order valence-electron chi connectivity index (χ0n) is 5.50. The number of aromatic nitrogens is 2. The van der Waals surface area contributed by atoms with Gasteiger partial charge in [-0.15, -0.1) is 0 Å². The maximum Gasteiger partial charge on any atom is 0.389 e. The van der Waals surface area contributed by atoms with E-state index in [1.54, 1.807) is 0 Å². The van der Waals surface area contributed by atoms with Gasteiger partial charge in [-0.1, -0.05) is 0 Å². The Bertz CT molecular complexity index is 225. The van der Waals surface area contributed by atoms with Crippen LogP contribution in [0, 0.1) is 6.92 Å². The van der Waals surface area contributed by atoms with Crippen LogP contribution in [-0.4, -0.2) is 16.6 Å². The number of rotatable bonds is 2. The lowest BCUT2D eigenvalue weighted by Gasteiger charge is -2.00. The number of halogens is 2. The Morgan fingerprint density at radius 2 is 1.91 bits per heavy atom. The average molecular weight is 159 g/mol. The number of nitrogens with zero attached hydrogens (tertiary/aromatic N) is 2. The van der Waals surface area contributed by atoms with E-state index in [0.29, 0.717) is 5.56 Å². The van der Waals surface area contributed by atoms with E-state index in [1.807, 2.05) is 0 Å². The first-order chi connectivity index (χ1) is 5.18. The van der Waals surface area contributed by atoms with Gasteiger partial charge in [0.2, 0.25) is 0 Å². The Hall–Kier alpha value is -1.26. The van der Waals surface area contributed by atoms with E-state index in [-0.39, 0.29) is 6.01 Å². The maximum atomic E-state index is 11.5. The van der Waals surface area contributed by atoms with Crippen molar-refractivity contribution in [2.45, 2.75) is 6.61 Å². The van der Waals surface area contributed by atoms with Gasteiger partial charge in [-0.2, -0.15) is 8.78 Å². The van der Waals surface area contributed by atoms with E-state index >= 15 is 0 Å². The van der Waals surface area contributed by atoms with E-state index in [0.717, 1.165) is 0 Å². The summed E-state index contributed by atoms with van der Waals surface area (Å²) in [5.74, 6) is 0. The monoisotopic (exact) mass is 159 g/mol. The molecule has 0 aliphatic rings. The van der Waals surface area contributed by atoms with Gasteiger partial charge in [0.1, 0.15) is 0 Å². The van der Waals surface area contributed by atoms with Crippen LogP contribution in [0.25, 0.3) is 0 Å². The first-order valence-electron chi connectivity index (χ1n) is 2.77. The SMILES string of the molecule is [CH2]c1cnc(OC(F)F)nc1. The lowest BCUT2D eigenvalue weighted by molar-refractivity contribution is -0.0561. The van der Waals surface area contributed by atoms with Crippen LogP contribution >= 0.6 is 0 Å². The fourth-order valence-electron chi connectivity index (χ4n) is 0.483. The number of hydrogen-bond acceptors (Lipinski definition) is 3. The van der Waals surface area contributed by atoms with Crippen LogP contribution in [0.15, 0.2) is 12.4 Å². The van der Waals surface area contributed by atoms with Crippen LogP contribution in [0.4, 0.5) is 8.78 Å². The molecule has 3 nitrogen and oxygen atoms in total. The van der Waals surface area contributed by atoms with Crippen molar-refractivity contribution >= 4 is 0 Å². The van der Waals surface area contributed by atoms with Crippen molar-refractivity contribution in [3.63, 3.8) is 0 Å². The normalized spacial score (nSPS) is 10.2. The third kappa shape index (κ3) is 2.45. The van der Waals surface area contributed by atoms with Crippen molar-refractivity contribution in [2.75, 3.05) is 0 Å². The highest BCUT2D eigenvalue weighted by Gasteiger charge is 2.04. The van der Waals surface area contributed by atoms with Crippen LogP contribution in [0.3, 0.4) is 0 Å². The second kappa shape index (κ2) is 3.23. The van der Waals surface area contributed by atoms with Crippen LogP contribution in [0.5, 0.6) is 6.01 Å². The van der Waals surface area contributed by atoms with Crippen LogP contribution in [0.2, 0.25) is 0 Å². The summed E-state index contributed by atoms with van der Waals surface area (Å²) in [6.07, 6.45) is 2.59. The molecule has 0 unspecified atom stereocenters. The summed E-state index contributed by atoms with van der Waals surface area (Å²) in [6, 6.07) is -0.340. The van der Waals surface area contributed by atoms with Crippen molar-refractivity contribution < 1.29 is 13.5 Å². The third-order valence-electron chi connectivity index (χ3n) is 0.876. The molecule has 59 valence electrons. The number of alkyl halides is 2. The molecule has 0 spiro atoms. The molecule has 1 rings (SSSR count). The number of hydrogen-bond donors (Lipinski definition) is 0. The minimum Gasteiger partial charge on any atom is -0.401 e.